The Morgan fingerprint density at radius 2 is 1.79 bits per heavy atom. The van der Waals surface area contributed by atoms with E-state index in [1.165, 1.54) is 12.1 Å². The fourth-order valence-corrected chi connectivity index (χ4v) is 3.35. The van der Waals surface area contributed by atoms with Gasteiger partial charge >= 0.3 is 0 Å². The van der Waals surface area contributed by atoms with E-state index in [2.05, 4.69) is 36.6 Å². The Labute approximate surface area is 128 Å². The number of hydrogen-bond donors (Lipinski definition) is 2. The van der Waals surface area contributed by atoms with Crippen LogP contribution in [-0.4, -0.2) is 8.42 Å². The third-order valence-electron chi connectivity index (χ3n) is 2.35. The van der Waals surface area contributed by atoms with Crippen LogP contribution >= 0.6 is 31.9 Å². The van der Waals surface area contributed by atoms with Gasteiger partial charge in [-0.05, 0) is 52.3 Å². The second-order valence-electron chi connectivity index (χ2n) is 3.80. The lowest BCUT2D eigenvalue weighted by Gasteiger charge is -2.09. The van der Waals surface area contributed by atoms with Crippen LogP contribution in [0.5, 0.6) is 0 Å². The number of anilines is 2. The van der Waals surface area contributed by atoms with Gasteiger partial charge in [0.2, 0.25) is 0 Å². The van der Waals surface area contributed by atoms with Crippen molar-refractivity contribution < 1.29 is 8.42 Å². The van der Waals surface area contributed by atoms with Gasteiger partial charge in [-0.15, -0.1) is 0 Å². The first kappa shape index (κ1) is 14.4. The lowest BCUT2D eigenvalue weighted by atomic mass is 10.3. The van der Waals surface area contributed by atoms with Crippen LogP contribution < -0.4 is 10.5 Å². The van der Waals surface area contributed by atoms with Gasteiger partial charge in [0.1, 0.15) is 0 Å². The quantitative estimate of drug-likeness (QED) is 0.766. The standard InChI is InChI=1S/C12H10Br2N2O2S/c13-8-2-1-3-10(6-8)19(17,18)16-9-4-5-11(14)12(15)7-9/h1-7,16H,15H2. The summed E-state index contributed by atoms with van der Waals surface area (Å²) in [7, 11) is -3.62. The molecule has 0 bridgehead atoms. The van der Waals surface area contributed by atoms with Crippen LogP contribution in [0.2, 0.25) is 0 Å². The molecule has 2 rings (SSSR count). The van der Waals surface area contributed by atoms with Crippen molar-refractivity contribution in [3.05, 3.63) is 51.4 Å². The molecule has 2 aromatic rings. The minimum Gasteiger partial charge on any atom is -0.398 e. The molecule has 19 heavy (non-hydrogen) atoms. The number of halogens is 2. The number of hydrogen-bond acceptors (Lipinski definition) is 3. The maximum absolute atomic E-state index is 12.2. The molecule has 7 heteroatoms. The molecule has 100 valence electrons. The van der Waals surface area contributed by atoms with E-state index in [9.17, 15) is 8.42 Å². The molecule has 4 nitrogen and oxygen atoms in total. The molecule has 0 amide bonds. The van der Waals surface area contributed by atoms with Crippen LogP contribution in [0.25, 0.3) is 0 Å². The summed E-state index contributed by atoms with van der Waals surface area (Å²) in [4.78, 5) is 0.184. The molecule has 2 aromatic carbocycles. The highest BCUT2D eigenvalue weighted by atomic mass is 79.9. The van der Waals surface area contributed by atoms with Crippen molar-refractivity contribution in [2.24, 2.45) is 0 Å². The number of rotatable bonds is 3. The average molecular weight is 406 g/mol. The molecular formula is C12H10Br2N2O2S. The van der Waals surface area contributed by atoms with E-state index < -0.39 is 10.0 Å². The first-order chi connectivity index (χ1) is 8.88. The van der Waals surface area contributed by atoms with Gasteiger partial charge in [-0.3, -0.25) is 4.72 Å². The van der Waals surface area contributed by atoms with Crippen molar-refractivity contribution in [2.75, 3.05) is 10.5 Å². The molecule has 0 aliphatic heterocycles. The Morgan fingerprint density at radius 1 is 1.05 bits per heavy atom. The summed E-state index contributed by atoms with van der Waals surface area (Å²) in [6.07, 6.45) is 0. The summed E-state index contributed by atoms with van der Waals surface area (Å²) in [6, 6.07) is 11.4. The van der Waals surface area contributed by atoms with E-state index in [4.69, 9.17) is 5.73 Å². The van der Waals surface area contributed by atoms with Gasteiger partial charge in [-0.2, -0.15) is 0 Å². The van der Waals surface area contributed by atoms with Crippen LogP contribution in [-0.2, 0) is 10.0 Å². The molecule has 3 N–H and O–H groups in total. The van der Waals surface area contributed by atoms with Crippen LogP contribution in [0.1, 0.15) is 0 Å². The van der Waals surface area contributed by atoms with Gasteiger partial charge < -0.3 is 5.73 Å². The van der Waals surface area contributed by atoms with Crippen LogP contribution in [0.4, 0.5) is 11.4 Å². The van der Waals surface area contributed by atoms with Gasteiger partial charge in [-0.1, -0.05) is 22.0 Å². The van der Waals surface area contributed by atoms with Gasteiger partial charge in [0, 0.05) is 14.6 Å². The van der Waals surface area contributed by atoms with Crippen LogP contribution in [0.3, 0.4) is 0 Å². The molecule has 0 fully saturated rings. The molecule has 0 aliphatic rings. The summed E-state index contributed by atoms with van der Waals surface area (Å²) in [6.45, 7) is 0. The summed E-state index contributed by atoms with van der Waals surface area (Å²) >= 11 is 6.50. The molecule has 0 unspecified atom stereocenters. The van der Waals surface area contributed by atoms with Crippen molar-refractivity contribution in [1.29, 1.82) is 0 Å². The summed E-state index contributed by atoms with van der Waals surface area (Å²) in [5.74, 6) is 0. The highest BCUT2D eigenvalue weighted by molar-refractivity contribution is 9.10. The van der Waals surface area contributed by atoms with Crippen LogP contribution in [0.15, 0.2) is 56.3 Å². The summed E-state index contributed by atoms with van der Waals surface area (Å²) in [5, 5.41) is 0. The summed E-state index contributed by atoms with van der Waals surface area (Å²) in [5.41, 5.74) is 6.60. The number of benzene rings is 2. The fourth-order valence-electron chi connectivity index (χ4n) is 1.46. The second-order valence-corrected chi connectivity index (χ2v) is 7.25. The normalized spacial score (nSPS) is 11.3. The fraction of sp³-hybridized carbons (Fsp3) is 0. The van der Waals surface area contributed by atoms with Gasteiger partial charge in [0.15, 0.2) is 0 Å². The van der Waals surface area contributed by atoms with Gasteiger partial charge in [0.25, 0.3) is 10.0 Å². The highest BCUT2D eigenvalue weighted by Gasteiger charge is 2.14. The molecule has 0 aromatic heterocycles. The third-order valence-corrected chi connectivity index (χ3v) is 4.95. The van der Waals surface area contributed by atoms with Gasteiger partial charge in [0.05, 0.1) is 10.6 Å². The van der Waals surface area contributed by atoms with Crippen LogP contribution in [0, 0.1) is 0 Å². The number of nitrogens with one attached hydrogen (secondary N) is 1. The minimum atomic E-state index is -3.62. The predicted molar refractivity (Wildman–Crippen MR) is 83.5 cm³/mol. The Hall–Kier alpha value is -1.05. The molecule has 0 saturated carbocycles. The molecule has 0 atom stereocenters. The zero-order valence-corrected chi connectivity index (χ0v) is 13.6. The maximum atomic E-state index is 12.2. The van der Waals surface area contributed by atoms with E-state index >= 15 is 0 Å². The van der Waals surface area contributed by atoms with E-state index in [1.54, 1.807) is 30.3 Å². The van der Waals surface area contributed by atoms with Crippen molar-refractivity contribution in [2.45, 2.75) is 4.90 Å². The Bertz CT molecular complexity index is 717. The van der Waals surface area contributed by atoms with Crippen molar-refractivity contribution in [3.63, 3.8) is 0 Å². The van der Waals surface area contributed by atoms with Crippen molar-refractivity contribution in [3.8, 4) is 0 Å². The van der Waals surface area contributed by atoms with E-state index in [0.29, 0.717) is 15.8 Å². The number of nitrogens with two attached hydrogens (primary N) is 1. The number of sulfonamides is 1. The first-order valence-electron chi connectivity index (χ1n) is 5.22. The largest absolute Gasteiger partial charge is 0.398 e. The second kappa shape index (κ2) is 5.52. The predicted octanol–water partition coefficient (Wildman–Crippen LogP) is 3.59. The van der Waals surface area contributed by atoms with Crippen molar-refractivity contribution >= 4 is 53.3 Å². The number of nitrogen functional groups attached to an aromatic ring is 1. The van der Waals surface area contributed by atoms with E-state index in [-0.39, 0.29) is 4.90 Å². The Morgan fingerprint density at radius 3 is 2.42 bits per heavy atom. The zero-order valence-electron chi connectivity index (χ0n) is 9.60. The summed E-state index contributed by atoms with van der Waals surface area (Å²) < 4.78 is 28.2. The molecular weight excluding hydrogens is 396 g/mol. The third kappa shape index (κ3) is 3.49. The first-order valence-corrected chi connectivity index (χ1v) is 8.29. The lowest BCUT2D eigenvalue weighted by molar-refractivity contribution is 0.601. The Balaban J connectivity index is 2.33. The Kier molecular flexibility index (Phi) is 4.17. The monoisotopic (exact) mass is 404 g/mol. The van der Waals surface area contributed by atoms with E-state index in [0.717, 1.165) is 4.47 Å². The van der Waals surface area contributed by atoms with Crippen molar-refractivity contribution in [1.82, 2.24) is 0 Å². The van der Waals surface area contributed by atoms with E-state index in [1.807, 2.05) is 0 Å². The topological polar surface area (TPSA) is 72.2 Å². The SMILES string of the molecule is Nc1cc(NS(=O)(=O)c2cccc(Br)c2)ccc1Br. The molecule has 0 spiro atoms. The zero-order chi connectivity index (χ0) is 14.0. The minimum absolute atomic E-state index is 0.184. The van der Waals surface area contributed by atoms with Gasteiger partial charge in [-0.25, -0.2) is 8.42 Å². The molecule has 0 aliphatic carbocycles. The molecule has 0 radical (unpaired) electrons. The molecule has 0 saturated heterocycles. The maximum Gasteiger partial charge on any atom is 0.261 e. The smallest absolute Gasteiger partial charge is 0.261 e. The highest BCUT2D eigenvalue weighted by Crippen LogP contribution is 2.25. The lowest BCUT2D eigenvalue weighted by Crippen LogP contribution is -2.13. The molecule has 0 heterocycles. The average Bonchev–Trinajstić information content (AvgIpc) is 2.33.